The van der Waals surface area contributed by atoms with Crippen LogP contribution in [0.1, 0.15) is 41.5 Å². The largest absolute Gasteiger partial charge is 0.444 e. The Balaban J connectivity index is 3.07. The molecule has 1 aliphatic heterocycles. The average Bonchev–Trinajstić information content (AvgIpc) is 2.35. The maximum absolute atomic E-state index is 12.3. The summed E-state index contributed by atoms with van der Waals surface area (Å²) < 4.78 is 11.0. The molecule has 0 aromatic rings. The number of hydrogen-bond acceptors (Lipinski definition) is 4. The van der Waals surface area contributed by atoms with Crippen molar-refractivity contribution in [1.29, 1.82) is 0 Å². The van der Waals surface area contributed by atoms with Crippen molar-refractivity contribution in [3.8, 4) is 0 Å². The van der Waals surface area contributed by atoms with Gasteiger partial charge in [0.2, 0.25) is 0 Å². The Morgan fingerprint density at radius 2 is 1.89 bits per heavy atom. The minimum atomic E-state index is -0.818. The van der Waals surface area contributed by atoms with Gasteiger partial charge in [-0.15, -0.1) is 0 Å². The maximum atomic E-state index is 12.3. The van der Waals surface area contributed by atoms with Crippen molar-refractivity contribution in [2.24, 2.45) is 5.73 Å². The van der Waals surface area contributed by atoms with Crippen LogP contribution >= 0.6 is 12.2 Å². The zero-order valence-electron chi connectivity index (χ0n) is 11.9. The van der Waals surface area contributed by atoms with Crippen LogP contribution < -0.4 is 5.73 Å². The Hall–Kier alpha value is -0.880. The van der Waals surface area contributed by atoms with E-state index < -0.39 is 23.0 Å². The lowest BCUT2D eigenvalue weighted by Gasteiger charge is -2.39. The first-order valence-corrected chi connectivity index (χ1v) is 6.28. The average molecular weight is 274 g/mol. The number of ether oxygens (including phenoxy) is 2. The van der Waals surface area contributed by atoms with Gasteiger partial charge in [0, 0.05) is 0 Å². The molecule has 1 heterocycles. The van der Waals surface area contributed by atoms with Gasteiger partial charge in [-0.3, -0.25) is 4.90 Å². The van der Waals surface area contributed by atoms with Crippen LogP contribution in [0.5, 0.6) is 0 Å². The third-order valence-electron chi connectivity index (χ3n) is 2.85. The molecule has 0 aromatic carbocycles. The molecular formula is C12H22N2O3S. The topological polar surface area (TPSA) is 64.8 Å². The lowest BCUT2D eigenvalue weighted by Crippen LogP contribution is -2.60. The number of rotatable bonds is 1. The van der Waals surface area contributed by atoms with Gasteiger partial charge in [0.05, 0.1) is 6.61 Å². The monoisotopic (exact) mass is 274 g/mol. The molecule has 5 nitrogen and oxygen atoms in total. The normalized spacial score (nSPS) is 27.1. The third-order valence-corrected chi connectivity index (χ3v) is 3.29. The Morgan fingerprint density at radius 3 is 2.28 bits per heavy atom. The van der Waals surface area contributed by atoms with Crippen LogP contribution in [0.3, 0.4) is 0 Å². The second kappa shape index (κ2) is 4.35. The first-order chi connectivity index (χ1) is 7.90. The van der Waals surface area contributed by atoms with Gasteiger partial charge in [-0.25, -0.2) is 4.79 Å². The van der Waals surface area contributed by atoms with Crippen LogP contribution in [-0.2, 0) is 9.47 Å². The lowest BCUT2D eigenvalue weighted by atomic mass is 10.0. The van der Waals surface area contributed by atoms with E-state index in [0.29, 0.717) is 0 Å². The molecule has 0 spiro atoms. The molecule has 0 aromatic heterocycles. The SMILES string of the molecule is CC(C)(C)OC(=O)N1C(C)(C)OC[C@@]1(C)C(N)=S. The molecular weight excluding hydrogens is 252 g/mol. The zero-order valence-corrected chi connectivity index (χ0v) is 12.7. The molecule has 2 N–H and O–H groups in total. The predicted octanol–water partition coefficient (Wildman–Crippen LogP) is 2.03. The molecule has 1 aliphatic rings. The third kappa shape index (κ3) is 2.75. The summed E-state index contributed by atoms with van der Waals surface area (Å²) in [7, 11) is 0. The molecule has 1 atom stereocenters. The van der Waals surface area contributed by atoms with E-state index in [1.165, 1.54) is 4.90 Å². The van der Waals surface area contributed by atoms with Gasteiger partial charge in [-0.05, 0) is 41.5 Å². The Labute approximate surface area is 114 Å². The van der Waals surface area contributed by atoms with Crippen LogP contribution in [0.2, 0.25) is 0 Å². The Morgan fingerprint density at radius 1 is 1.39 bits per heavy atom. The van der Waals surface area contributed by atoms with Gasteiger partial charge >= 0.3 is 6.09 Å². The van der Waals surface area contributed by atoms with Crippen molar-refractivity contribution >= 4 is 23.3 Å². The van der Waals surface area contributed by atoms with E-state index in [-0.39, 0.29) is 11.6 Å². The van der Waals surface area contributed by atoms with Crippen LogP contribution in [0.15, 0.2) is 0 Å². The lowest BCUT2D eigenvalue weighted by molar-refractivity contribution is -0.0641. The first-order valence-electron chi connectivity index (χ1n) is 5.87. The summed E-state index contributed by atoms with van der Waals surface area (Å²) in [6, 6.07) is 0. The molecule has 1 fully saturated rings. The van der Waals surface area contributed by atoms with Crippen molar-refractivity contribution in [3.63, 3.8) is 0 Å². The number of carbonyl (C=O) groups excluding carboxylic acids is 1. The smallest absolute Gasteiger partial charge is 0.413 e. The Kier molecular flexibility index (Phi) is 3.66. The summed E-state index contributed by atoms with van der Waals surface area (Å²) in [6.45, 7) is 11.1. The van der Waals surface area contributed by atoms with Crippen molar-refractivity contribution in [1.82, 2.24) is 4.90 Å². The van der Waals surface area contributed by atoms with E-state index in [2.05, 4.69) is 0 Å². The first kappa shape index (κ1) is 15.2. The summed E-state index contributed by atoms with van der Waals surface area (Å²) in [5, 5.41) is 0. The van der Waals surface area contributed by atoms with Gasteiger partial charge in [0.1, 0.15) is 21.9 Å². The molecule has 0 bridgehead atoms. The second-order valence-corrected chi connectivity index (χ2v) is 6.63. The minimum Gasteiger partial charge on any atom is -0.444 e. The highest BCUT2D eigenvalue weighted by Crippen LogP contribution is 2.36. The quantitative estimate of drug-likeness (QED) is 0.741. The maximum Gasteiger partial charge on any atom is 0.413 e. The second-order valence-electron chi connectivity index (χ2n) is 6.19. The van der Waals surface area contributed by atoms with Crippen LogP contribution in [-0.4, -0.2) is 39.5 Å². The standard InChI is InChI=1S/C12H22N2O3S/c1-10(2,3)17-9(15)14-11(4,5)16-7-12(14,6)8(13)18/h7H2,1-6H3,(H2,13,18)/t12-/m0/s1. The number of nitrogens with zero attached hydrogens (tertiary/aromatic N) is 1. The molecule has 0 radical (unpaired) electrons. The zero-order chi connectivity index (χ0) is 14.4. The number of carbonyl (C=O) groups is 1. The van der Waals surface area contributed by atoms with Crippen molar-refractivity contribution < 1.29 is 14.3 Å². The molecule has 1 rings (SSSR count). The highest BCUT2D eigenvalue weighted by Gasteiger charge is 2.54. The van der Waals surface area contributed by atoms with E-state index in [9.17, 15) is 4.79 Å². The van der Waals surface area contributed by atoms with Gasteiger partial charge in [-0.2, -0.15) is 0 Å². The number of nitrogens with two attached hydrogens (primary N) is 1. The van der Waals surface area contributed by atoms with Crippen molar-refractivity contribution in [3.05, 3.63) is 0 Å². The number of hydrogen-bond donors (Lipinski definition) is 1. The summed E-state index contributed by atoms with van der Waals surface area (Å²) in [4.78, 5) is 14.0. The summed E-state index contributed by atoms with van der Waals surface area (Å²) in [5.74, 6) is 0. The molecule has 1 saturated heterocycles. The van der Waals surface area contributed by atoms with E-state index in [4.69, 9.17) is 27.4 Å². The molecule has 104 valence electrons. The molecule has 0 unspecified atom stereocenters. The summed E-state index contributed by atoms with van der Waals surface area (Å²) in [6.07, 6.45) is -0.472. The molecule has 1 amide bonds. The molecule has 0 aliphatic carbocycles. The highest BCUT2D eigenvalue weighted by molar-refractivity contribution is 7.80. The van der Waals surface area contributed by atoms with E-state index in [1.54, 1.807) is 20.8 Å². The number of amides is 1. The molecule has 18 heavy (non-hydrogen) atoms. The fourth-order valence-corrected chi connectivity index (χ4v) is 2.10. The van der Waals surface area contributed by atoms with Crippen molar-refractivity contribution in [2.75, 3.05) is 6.61 Å². The van der Waals surface area contributed by atoms with Gasteiger partial charge in [0.25, 0.3) is 0 Å². The Bertz CT molecular complexity index is 376. The van der Waals surface area contributed by atoms with E-state index in [0.717, 1.165) is 0 Å². The minimum absolute atomic E-state index is 0.221. The van der Waals surface area contributed by atoms with Gasteiger partial charge in [-0.1, -0.05) is 12.2 Å². The van der Waals surface area contributed by atoms with E-state index >= 15 is 0 Å². The highest BCUT2D eigenvalue weighted by atomic mass is 32.1. The van der Waals surface area contributed by atoms with E-state index in [1.807, 2.05) is 20.8 Å². The number of thiocarbonyl (C=S) groups is 1. The molecule has 6 heteroatoms. The van der Waals surface area contributed by atoms with Crippen LogP contribution in [0, 0.1) is 0 Å². The predicted molar refractivity (Wildman–Crippen MR) is 73.3 cm³/mol. The fourth-order valence-electron chi connectivity index (χ4n) is 1.95. The van der Waals surface area contributed by atoms with Gasteiger partial charge < -0.3 is 15.2 Å². The van der Waals surface area contributed by atoms with Crippen LogP contribution in [0.25, 0.3) is 0 Å². The van der Waals surface area contributed by atoms with Gasteiger partial charge in [0.15, 0.2) is 0 Å². The van der Waals surface area contributed by atoms with Crippen LogP contribution in [0.4, 0.5) is 4.79 Å². The summed E-state index contributed by atoms with van der Waals surface area (Å²) in [5.41, 5.74) is 3.56. The fraction of sp³-hybridized carbons (Fsp3) is 0.833. The molecule has 0 saturated carbocycles. The summed E-state index contributed by atoms with van der Waals surface area (Å²) >= 11 is 5.06. The van der Waals surface area contributed by atoms with Crippen molar-refractivity contribution in [2.45, 2.75) is 58.4 Å².